The van der Waals surface area contributed by atoms with Gasteiger partial charge in [0.25, 0.3) is 0 Å². The molecule has 0 aromatic rings. The molecule has 3 rings (SSSR count). The molecule has 1 heterocycles. The van der Waals surface area contributed by atoms with Crippen molar-refractivity contribution in [2.75, 3.05) is 13.1 Å². The molecule has 0 aromatic heterocycles. The van der Waals surface area contributed by atoms with E-state index in [1.54, 1.807) is 0 Å². The molecule has 2 aliphatic carbocycles. The third kappa shape index (κ3) is 2.32. The van der Waals surface area contributed by atoms with Gasteiger partial charge in [-0.25, -0.2) is 0 Å². The number of hydrogen-bond acceptors (Lipinski definition) is 2. The largest absolute Gasteiger partial charge is 0.326 e. The van der Waals surface area contributed by atoms with Crippen LogP contribution in [0.3, 0.4) is 0 Å². The Morgan fingerprint density at radius 3 is 2.40 bits per heavy atom. The van der Waals surface area contributed by atoms with Crippen LogP contribution >= 0.6 is 12.4 Å². The van der Waals surface area contributed by atoms with Crippen LogP contribution in [-0.2, 0) is 0 Å². The minimum Gasteiger partial charge on any atom is -0.326 e. The predicted octanol–water partition coefficient (Wildman–Crippen LogP) is 2.02. The van der Waals surface area contributed by atoms with Crippen LogP contribution < -0.4 is 5.73 Å². The van der Waals surface area contributed by atoms with Crippen LogP contribution in [0.1, 0.15) is 38.5 Å². The molecule has 88 valence electrons. The predicted molar refractivity (Wildman–Crippen MR) is 65.3 cm³/mol. The molecule has 3 atom stereocenters. The molecular formula is C12H23ClN2. The molecule has 2 N–H and O–H groups in total. The van der Waals surface area contributed by atoms with Crippen molar-refractivity contribution in [1.29, 1.82) is 0 Å². The van der Waals surface area contributed by atoms with Crippen molar-refractivity contribution in [3.8, 4) is 0 Å². The van der Waals surface area contributed by atoms with E-state index in [1.807, 2.05) is 0 Å². The Morgan fingerprint density at radius 2 is 1.80 bits per heavy atom. The Morgan fingerprint density at radius 1 is 1.00 bits per heavy atom. The molecule has 0 spiro atoms. The lowest BCUT2D eigenvalue weighted by atomic mass is 9.97. The van der Waals surface area contributed by atoms with Crippen LogP contribution in [0.25, 0.3) is 0 Å². The van der Waals surface area contributed by atoms with Crippen LogP contribution in [0, 0.1) is 11.8 Å². The second kappa shape index (κ2) is 4.60. The summed E-state index contributed by atoms with van der Waals surface area (Å²) in [5, 5.41) is 0. The molecule has 15 heavy (non-hydrogen) atoms. The maximum Gasteiger partial charge on any atom is 0.0180 e. The Labute approximate surface area is 99.0 Å². The first kappa shape index (κ1) is 11.7. The van der Waals surface area contributed by atoms with Crippen LogP contribution in [-0.4, -0.2) is 30.1 Å². The number of halogens is 1. The second-order valence-corrected chi connectivity index (χ2v) is 5.54. The third-order valence-electron chi connectivity index (χ3n) is 4.48. The minimum atomic E-state index is 0. The monoisotopic (exact) mass is 230 g/mol. The number of hydrogen-bond donors (Lipinski definition) is 1. The quantitative estimate of drug-likeness (QED) is 0.787. The fourth-order valence-electron chi connectivity index (χ4n) is 3.61. The Bertz CT molecular complexity index is 218. The maximum atomic E-state index is 5.99. The highest BCUT2D eigenvalue weighted by molar-refractivity contribution is 5.85. The first-order valence-corrected chi connectivity index (χ1v) is 6.34. The summed E-state index contributed by atoms with van der Waals surface area (Å²) in [6.07, 6.45) is 8.68. The first-order valence-electron chi connectivity index (χ1n) is 6.34. The highest BCUT2D eigenvalue weighted by atomic mass is 35.5. The topological polar surface area (TPSA) is 29.3 Å². The van der Waals surface area contributed by atoms with E-state index >= 15 is 0 Å². The minimum absolute atomic E-state index is 0. The molecule has 3 aliphatic rings. The summed E-state index contributed by atoms with van der Waals surface area (Å²) in [6.45, 7) is 2.45. The number of likely N-dealkylation sites (tertiary alicyclic amines) is 1. The fourth-order valence-corrected chi connectivity index (χ4v) is 3.61. The van der Waals surface area contributed by atoms with Gasteiger partial charge < -0.3 is 5.73 Å². The van der Waals surface area contributed by atoms with E-state index in [0.29, 0.717) is 6.04 Å². The molecule has 2 saturated carbocycles. The highest BCUT2D eigenvalue weighted by Gasteiger charge is 2.42. The first-order chi connectivity index (χ1) is 6.84. The summed E-state index contributed by atoms with van der Waals surface area (Å²) in [4.78, 5) is 2.70. The molecule has 3 unspecified atom stereocenters. The molecule has 1 aliphatic heterocycles. The Hall–Kier alpha value is 0.210. The number of rotatable bonds is 2. The number of nitrogens with two attached hydrogens (primary N) is 1. The lowest BCUT2D eigenvalue weighted by Crippen LogP contribution is -2.38. The molecule has 1 saturated heterocycles. The smallest absolute Gasteiger partial charge is 0.0180 e. The molecular weight excluding hydrogens is 208 g/mol. The summed E-state index contributed by atoms with van der Waals surface area (Å²) in [7, 11) is 0. The molecule has 0 radical (unpaired) electrons. The highest BCUT2D eigenvalue weighted by Crippen LogP contribution is 2.47. The molecule has 3 heteroatoms. The SMILES string of the molecule is Cl.NC1CCN(C2CCCC2C2CC2)C1. The van der Waals surface area contributed by atoms with E-state index in [2.05, 4.69) is 4.90 Å². The van der Waals surface area contributed by atoms with Crippen molar-refractivity contribution in [2.24, 2.45) is 17.6 Å². The summed E-state index contributed by atoms with van der Waals surface area (Å²) < 4.78 is 0. The molecule has 0 bridgehead atoms. The molecule has 0 aromatic carbocycles. The van der Waals surface area contributed by atoms with Crippen LogP contribution in [0.4, 0.5) is 0 Å². The van der Waals surface area contributed by atoms with Gasteiger partial charge in [-0.15, -0.1) is 12.4 Å². The van der Waals surface area contributed by atoms with Gasteiger partial charge in [-0.1, -0.05) is 6.42 Å². The normalized spacial score (nSPS) is 41.8. The second-order valence-electron chi connectivity index (χ2n) is 5.54. The zero-order chi connectivity index (χ0) is 9.54. The number of nitrogens with zero attached hydrogens (tertiary/aromatic N) is 1. The average molecular weight is 231 g/mol. The van der Waals surface area contributed by atoms with Crippen molar-refractivity contribution in [3.63, 3.8) is 0 Å². The van der Waals surface area contributed by atoms with Gasteiger partial charge in [0, 0.05) is 25.2 Å². The molecule has 2 nitrogen and oxygen atoms in total. The van der Waals surface area contributed by atoms with Crippen LogP contribution in [0.15, 0.2) is 0 Å². The van der Waals surface area contributed by atoms with Gasteiger partial charge in [-0.3, -0.25) is 4.90 Å². The lowest BCUT2D eigenvalue weighted by molar-refractivity contribution is 0.181. The van der Waals surface area contributed by atoms with E-state index in [-0.39, 0.29) is 12.4 Å². The fraction of sp³-hybridized carbons (Fsp3) is 1.00. The van der Waals surface area contributed by atoms with Gasteiger partial charge >= 0.3 is 0 Å². The summed E-state index contributed by atoms with van der Waals surface area (Å²) in [5.41, 5.74) is 5.99. The average Bonchev–Trinajstić information content (AvgIpc) is 2.75. The van der Waals surface area contributed by atoms with Crippen LogP contribution in [0.5, 0.6) is 0 Å². The van der Waals surface area contributed by atoms with E-state index < -0.39 is 0 Å². The van der Waals surface area contributed by atoms with E-state index in [4.69, 9.17) is 5.73 Å². The van der Waals surface area contributed by atoms with Gasteiger partial charge in [-0.2, -0.15) is 0 Å². The van der Waals surface area contributed by atoms with E-state index in [0.717, 1.165) is 17.9 Å². The summed E-state index contributed by atoms with van der Waals surface area (Å²) >= 11 is 0. The standard InChI is InChI=1S/C12H22N2.ClH/c13-10-6-7-14(8-10)12-3-1-2-11(12)9-4-5-9;/h9-12H,1-8,13H2;1H. The lowest BCUT2D eigenvalue weighted by Gasteiger charge is -2.29. The Balaban J connectivity index is 0.000000853. The van der Waals surface area contributed by atoms with Crippen LogP contribution in [0.2, 0.25) is 0 Å². The van der Waals surface area contributed by atoms with E-state index in [9.17, 15) is 0 Å². The van der Waals surface area contributed by atoms with E-state index in [1.165, 1.54) is 51.6 Å². The zero-order valence-corrected chi connectivity index (χ0v) is 10.2. The van der Waals surface area contributed by atoms with Crippen molar-refractivity contribution < 1.29 is 0 Å². The van der Waals surface area contributed by atoms with Crippen molar-refractivity contribution in [2.45, 2.75) is 50.6 Å². The van der Waals surface area contributed by atoms with Gasteiger partial charge in [0.2, 0.25) is 0 Å². The Kier molecular flexibility index (Phi) is 3.59. The van der Waals surface area contributed by atoms with Gasteiger partial charge in [0.15, 0.2) is 0 Å². The van der Waals surface area contributed by atoms with Crippen molar-refractivity contribution in [3.05, 3.63) is 0 Å². The van der Waals surface area contributed by atoms with Crippen molar-refractivity contribution in [1.82, 2.24) is 4.90 Å². The summed E-state index contributed by atoms with van der Waals surface area (Å²) in [6, 6.07) is 1.38. The summed E-state index contributed by atoms with van der Waals surface area (Å²) in [5.74, 6) is 2.14. The van der Waals surface area contributed by atoms with Gasteiger partial charge in [0.1, 0.15) is 0 Å². The third-order valence-corrected chi connectivity index (χ3v) is 4.48. The molecule has 3 fully saturated rings. The zero-order valence-electron chi connectivity index (χ0n) is 9.40. The maximum absolute atomic E-state index is 5.99. The van der Waals surface area contributed by atoms with Gasteiger partial charge in [0.05, 0.1) is 0 Å². The molecule has 0 amide bonds. The van der Waals surface area contributed by atoms with Crippen molar-refractivity contribution >= 4 is 12.4 Å². The van der Waals surface area contributed by atoms with Gasteiger partial charge in [-0.05, 0) is 43.9 Å².